The van der Waals surface area contributed by atoms with Crippen LogP contribution in [0.25, 0.3) is 11.4 Å². The Morgan fingerprint density at radius 2 is 2.11 bits per heavy atom. The third-order valence-corrected chi connectivity index (χ3v) is 4.78. The van der Waals surface area contributed by atoms with Crippen molar-refractivity contribution in [2.45, 2.75) is 5.16 Å². The Morgan fingerprint density at radius 3 is 2.85 bits per heavy atom. The van der Waals surface area contributed by atoms with E-state index >= 15 is 0 Å². The van der Waals surface area contributed by atoms with Gasteiger partial charge in [-0.2, -0.15) is 0 Å². The van der Waals surface area contributed by atoms with E-state index in [2.05, 4.69) is 15.5 Å². The molecule has 0 fully saturated rings. The second-order valence-corrected chi connectivity index (χ2v) is 6.69. The molecule has 0 saturated heterocycles. The molecule has 0 aliphatic carbocycles. The molecule has 0 radical (unpaired) electrons. The first-order valence-corrected chi connectivity index (χ1v) is 9.07. The predicted molar refractivity (Wildman–Crippen MR) is 103 cm³/mol. The fourth-order valence-corrected chi connectivity index (χ4v) is 3.13. The molecule has 1 aromatic heterocycles. The van der Waals surface area contributed by atoms with Crippen LogP contribution in [0.2, 0.25) is 5.02 Å². The predicted octanol–water partition coefficient (Wildman–Crippen LogP) is 3.19. The number of nitrogens with two attached hydrogens (primary N) is 1. The molecular weight excluding hydrogens is 393 g/mol. The molecule has 7 nitrogen and oxygen atoms in total. The zero-order valence-electron chi connectivity index (χ0n) is 14.1. The Balaban J connectivity index is 1.67. The molecule has 3 rings (SSSR count). The van der Waals surface area contributed by atoms with Crippen molar-refractivity contribution in [1.29, 1.82) is 0 Å². The van der Waals surface area contributed by atoms with Gasteiger partial charge in [-0.05, 0) is 30.3 Å². The molecule has 3 N–H and O–H groups in total. The second-order valence-electron chi connectivity index (χ2n) is 5.34. The molecule has 0 aliphatic rings. The highest BCUT2D eigenvalue weighted by atomic mass is 35.5. The van der Waals surface area contributed by atoms with Crippen molar-refractivity contribution < 1.29 is 13.9 Å². The van der Waals surface area contributed by atoms with Crippen LogP contribution in [-0.2, 0) is 4.79 Å². The maximum atomic E-state index is 13.2. The molecule has 1 amide bonds. The summed E-state index contributed by atoms with van der Waals surface area (Å²) in [5.41, 5.74) is 1.09. The molecule has 1 heterocycles. The van der Waals surface area contributed by atoms with E-state index in [0.29, 0.717) is 28.0 Å². The van der Waals surface area contributed by atoms with E-state index in [4.69, 9.17) is 22.2 Å². The number of benzene rings is 2. The maximum Gasteiger partial charge on any atom is 0.234 e. The maximum absolute atomic E-state index is 13.2. The van der Waals surface area contributed by atoms with Gasteiger partial charge in [0.1, 0.15) is 11.6 Å². The van der Waals surface area contributed by atoms with Crippen molar-refractivity contribution in [3.05, 3.63) is 53.3 Å². The van der Waals surface area contributed by atoms with E-state index in [-0.39, 0.29) is 16.7 Å². The summed E-state index contributed by atoms with van der Waals surface area (Å²) in [6.45, 7) is 0. The second kappa shape index (κ2) is 8.28. The first-order chi connectivity index (χ1) is 13.0. The van der Waals surface area contributed by atoms with Gasteiger partial charge in [0.25, 0.3) is 0 Å². The highest BCUT2D eigenvalue weighted by Gasteiger charge is 2.16. The first-order valence-electron chi connectivity index (χ1n) is 7.71. The molecule has 0 aliphatic heterocycles. The fourth-order valence-electron chi connectivity index (χ4n) is 2.29. The van der Waals surface area contributed by atoms with Crippen LogP contribution in [0, 0.1) is 5.82 Å². The number of nitrogens with zero attached hydrogens (tertiary/aromatic N) is 3. The van der Waals surface area contributed by atoms with E-state index in [1.54, 1.807) is 13.2 Å². The number of nitrogens with one attached hydrogen (secondary N) is 1. The zero-order chi connectivity index (χ0) is 19.4. The highest BCUT2D eigenvalue weighted by Crippen LogP contribution is 2.29. The standard InChI is InChI=1S/C17H15ClFN5O2S/c1-26-14-5-3-2-4-11(14)16-22-23-17(24(16)20)27-9-15(25)21-10-6-7-13(19)12(18)8-10/h2-8H,9,20H2,1H3,(H,21,25). The van der Waals surface area contributed by atoms with Crippen molar-refractivity contribution in [3.63, 3.8) is 0 Å². The van der Waals surface area contributed by atoms with Crippen LogP contribution in [0.15, 0.2) is 47.6 Å². The van der Waals surface area contributed by atoms with Gasteiger partial charge in [0.2, 0.25) is 11.1 Å². The number of hydrogen-bond donors (Lipinski definition) is 2. The van der Waals surface area contributed by atoms with Gasteiger partial charge in [-0.1, -0.05) is 35.5 Å². The van der Waals surface area contributed by atoms with Gasteiger partial charge < -0.3 is 15.9 Å². The van der Waals surface area contributed by atoms with E-state index < -0.39 is 5.82 Å². The van der Waals surface area contributed by atoms with E-state index in [9.17, 15) is 9.18 Å². The van der Waals surface area contributed by atoms with Gasteiger partial charge in [-0.15, -0.1) is 10.2 Å². The number of methoxy groups -OCH3 is 1. The van der Waals surface area contributed by atoms with Crippen LogP contribution in [0.1, 0.15) is 0 Å². The number of halogens is 2. The van der Waals surface area contributed by atoms with E-state index in [0.717, 1.165) is 11.8 Å². The molecule has 0 saturated carbocycles. The zero-order valence-corrected chi connectivity index (χ0v) is 15.7. The van der Waals surface area contributed by atoms with E-state index in [1.165, 1.54) is 22.9 Å². The SMILES string of the molecule is COc1ccccc1-c1nnc(SCC(=O)Nc2ccc(F)c(Cl)c2)n1N. The Hall–Kier alpha value is -2.78. The minimum absolute atomic E-state index is 0.0379. The number of amides is 1. The van der Waals surface area contributed by atoms with E-state index in [1.807, 2.05) is 18.2 Å². The number of carbonyl (C=O) groups excluding carboxylic acids is 1. The van der Waals surface area contributed by atoms with Crippen LogP contribution < -0.4 is 15.9 Å². The van der Waals surface area contributed by atoms with Gasteiger partial charge in [0.15, 0.2) is 5.82 Å². The van der Waals surface area contributed by atoms with Crippen LogP contribution in [0.5, 0.6) is 5.75 Å². The van der Waals surface area contributed by atoms with Gasteiger partial charge in [-0.25, -0.2) is 9.07 Å². The third-order valence-electron chi connectivity index (χ3n) is 3.55. The number of rotatable bonds is 6. The number of thioether (sulfide) groups is 1. The topological polar surface area (TPSA) is 95.1 Å². The van der Waals surface area contributed by atoms with Crippen molar-refractivity contribution in [2.24, 2.45) is 0 Å². The summed E-state index contributed by atoms with van der Waals surface area (Å²) in [5, 5.41) is 11.0. The lowest BCUT2D eigenvalue weighted by Gasteiger charge is -2.08. The molecule has 27 heavy (non-hydrogen) atoms. The van der Waals surface area contributed by atoms with Gasteiger partial charge >= 0.3 is 0 Å². The molecule has 10 heteroatoms. The Labute approximate surface area is 163 Å². The molecular formula is C17H15ClFN5O2S. The molecule has 0 bridgehead atoms. The summed E-state index contributed by atoms with van der Waals surface area (Å²) >= 11 is 6.81. The molecule has 0 atom stereocenters. The van der Waals surface area contributed by atoms with Crippen molar-refractivity contribution in [2.75, 3.05) is 24.0 Å². The quantitative estimate of drug-likeness (QED) is 0.481. The minimum atomic E-state index is -0.552. The normalized spacial score (nSPS) is 10.6. The Bertz CT molecular complexity index is 982. The highest BCUT2D eigenvalue weighted by molar-refractivity contribution is 7.99. The van der Waals surface area contributed by atoms with Crippen molar-refractivity contribution in [3.8, 4) is 17.1 Å². The number of para-hydroxylation sites is 1. The summed E-state index contributed by atoms with van der Waals surface area (Å²) in [7, 11) is 1.55. The molecule has 0 unspecified atom stereocenters. The first kappa shape index (κ1) is 19.0. The number of aromatic nitrogens is 3. The van der Waals surface area contributed by atoms with Crippen LogP contribution >= 0.6 is 23.4 Å². The van der Waals surface area contributed by atoms with Crippen molar-refractivity contribution in [1.82, 2.24) is 14.9 Å². The van der Waals surface area contributed by atoms with Crippen LogP contribution in [0.3, 0.4) is 0 Å². The monoisotopic (exact) mass is 407 g/mol. The summed E-state index contributed by atoms with van der Waals surface area (Å²) in [5.74, 6) is 6.26. The third kappa shape index (κ3) is 4.32. The number of nitrogen functional groups attached to an aromatic ring is 1. The molecule has 3 aromatic rings. The molecule has 140 valence electrons. The smallest absolute Gasteiger partial charge is 0.234 e. The Morgan fingerprint density at radius 1 is 1.33 bits per heavy atom. The average Bonchev–Trinajstić information content (AvgIpc) is 3.03. The minimum Gasteiger partial charge on any atom is -0.496 e. The lowest BCUT2D eigenvalue weighted by Crippen LogP contribution is -2.16. The Kier molecular flexibility index (Phi) is 5.82. The fraction of sp³-hybridized carbons (Fsp3) is 0.118. The summed E-state index contributed by atoms with van der Waals surface area (Å²) in [6.07, 6.45) is 0. The average molecular weight is 408 g/mol. The number of carbonyl (C=O) groups is 1. The van der Waals surface area contributed by atoms with Gasteiger partial charge in [-0.3, -0.25) is 4.79 Å². The van der Waals surface area contributed by atoms with Crippen molar-refractivity contribution >= 4 is 35.0 Å². The van der Waals surface area contributed by atoms with Gasteiger partial charge in [0.05, 0.1) is 23.4 Å². The summed E-state index contributed by atoms with van der Waals surface area (Å²) in [4.78, 5) is 12.1. The lowest BCUT2D eigenvalue weighted by atomic mass is 10.2. The number of ether oxygens (including phenoxy) is 1. The number of anilines is 1. The largest absolute Gasteiger partial charge is 0.496 e. The molecule has 2 aromatic carbocycles. The van der Waals surface area contributed by atoms with Crippen LogP contribution in [-0.4, -0.2) is 33.6 Å². The van der Waals surface area contributed by atoms with Crippen LogP contribution in [0.4, 0.5) is 10.1 Å². The number of hydrogen-bond acceptors (Lipinski definition) is 6. The summed E-state index contributed by atoms with van der Waals surface area (Å²) < 4.78 is 19.8. The summed E-state index contributed by atoms with van der Waals surface area (Å²) in [6, 6.07) is 11.2. The molecule has 0 spiro atoms. The lowest BCUT2D eigenvalue weighted by molar-refractivity contribution is -0.113. The van der Waals surface area contributed by atoms with Gasteiger partial charge in [0, 0.05) is 5.69 Å².